The second kappa shape index (κ2) is 24.0. The zero-order valence-corrected chi connectivity index (χ0v) is 32.1. The van der Waals surface area contributed by atoms with Gasteiger partial charge in [-0.05, 0) is 104 Å². The highest BCUT2D eigenvalue weighted by atomic mass is 16.5. The topological polar surface area (TPSA) is 105 Å². The first kappa shape index (κ1) is 42.2. The summed E-state index contributed by atoms with van der Waals surface area (Å²) in [5, 5.41) is 0. The van der Waals surface area contributed by atoms with E-state index in [1.165, 1.54) is 50.3 Å². The molecule has 0 saturated heterocycles. The lowest BCUT2D eigenvalue weighted by atomic mass is 10.0. The molecule has 0 aromatic heterocycles. The van der Waals surface area contributed by atoms with E-state index in [1.807, 2.05) is 30.3 Å². The van der Waals surface area contributed by atoms with Gasteiger partial charge in [-0.2, -0.15) is 0 Å². The molecule has 0 heterocycles. The second-order valence-corrected chi connectivity index (χ2v) is 13.6. The number of hydrogen-bond acceptors (Lipinski definition) is 8. The lowest BCUT2D eigenvalue weighted by Crippen LogP contribution is -2.11. The summed E-state index contributed by atoms with van der Waals surface area (Å²) in [6.07, 6.45) is 17.9. The molecule has 0 aliphatic heterocycles. The van der Waals surface area contributed by atoms with Crippen molar-refractivity contribution in [1.82, 2.24) is 0 Å². The quantitative estimate of drug-likeness (QED) is 0.0302. The van der Waals surface area contributed by atoms with Crippen molar-refractivity contribution in [3.63, 3.8) is 0 Å². The van der Waals surface area contributed by atoms with Crippen LogP contribution in [0.3, 0.4) is 0 Å². The number of hydrogen-bond donors (Lipinski definition) is 0. The van der Waals surface area contributed by atoms with Gasteiger partial charge >= 0.3 is 23.9 Å². The number of rotatable bonds is 24. The maximum absolute atomic E-state index is 12.9. The average molecular weight is 747 g/mol. The van der Waals surface area contributed by atoms with E-state index >= 15 is 0 Å². The van der Waals surface area contributed by atoms with Gasteiger partial charge in [-0.3, -0.25) is 4.79 Å². The maximum atomic E-state index is 12.9. The number of allylic oxidation sites excluding steroid dienone is 1. The third-order valence-corrected chi connectivity index (χ3v) is 9.14. The van der Waals surface area contributed by atoms with Crippen molar-refractivity contribution in [3.8, 4) is 28.4 Å². The predicted octanol–water partition coefficient (Wildman–Crippen LogP) is 11.9. The highest BCUT2D eigenvalue weighted by Gasteiger charge is 2.15. The molecule has 0 fully saturated rings. The Balaban J connectivity index is 1.19. The Morgan fingerprint density at radius 3 is 1.69 bits per heavy atom. The van der Waals surface area contributed by atoms with Gasteiger partial charge in [0.2, 0.25) is 0 Å². The molecule has 4 aromatic rings. The molecule has 0 saturated carbocycles. The minimum absolute atomic E-state index is 0.187. The van der Waals surface area contributed by atoms with Gasteiger partial charge in [-0.25, -0.2) is 14.4 Å². The van der Waals surface area contributed by atoms with Crippen LogP contribution in [0.4, 0.5) is 0 Å². The normalized spacial score (nSPS) is 10.7. The minimum Gasteiger partial charge on any atom is -0.462 e. The van der Waals surface area contributed by atoms with Crippen molar-refractivity contribution in [2.24, 2.45) is 0 Å². The van der Waals surface area contributed by atoms with E-state index in [0.29, 0.717) is 29.9 Å². The van der Waals surface area contributed by atoms with E-state index in [2.05, 4.69) is 13.5 Å². The Labute approximate surface area is 325 Å². The molecule has 4 rings (SSSR count). The summed E-state index contributed by atoms with van der Waals surface area (Å²) in [5.41, 5.74) is 2.68. The van der Waals surface area contributed by atoms with Crippen LogP contribution in [0.5, 0.6) is 17.2 Å². The first-order valence-corrected chi connectivity index (χ1v) is 19.7. The number of carbonyl (C=O) groups is 4. The summed E-state index contributed by atoms with van der Waals surface area (Å²) in [5.74, 6) is -0.931. The fraction of sp³-hybridized carbons (Fsp3) is 0.362. The molecule has 0 amide bonds. The zero-order valence-electron chi connectivity index (χ0n) is 32.1. The van der Waals surface area contributed by atoms with Crippen LogP contribution in [0.15, 0.2) is 110 Å². The van der Waals surface area contributed by atoms with Crippen LogP contribution in [-0.4, -0.2) is 30.5 Å². The highest BCUT2D eigenvalue weighted by Crippen LogP contribution is 2.25. The summed E-state index contributed by atoms with van der Waals surface area (Å²) in [4.78, 5) is 50.5. The molecular weight excluding hydrogens is 693 g/mol. The van der Waals surface area contributed by atoms with Crippen LogP contribution in [0.1, 0.15) is 134 Å². The Kier molecular flexibility index (Phi) is 18.4. The molecular formula is C47H54O8. The Morgan fingerprint density at radius 1 is 0.509 bits per heavy atom. The molecule has 0 atom stereocenters. The van der Waals surface area contributed by atoms with Gasteiger partial charge < -0.3 is 18.9 Å². The molecule has 0 radical (unpaired) electrons. The van der Waals surface area contributed by atoms with Crippen LogP contribution in [0, 0.1) is 0 Å². The molecule has 0 spiro atoms. The van der Waals surface area contributed by atoms with Gasteiger partial charge in [-0.15, -0.1) is 6.58 Å². The number of ether oxygens (including phenoxy) is 4. The van der Waals surface area contributed by atoms with Crippen molar-refractivity contribution in [3.05, 3.63) is 126 Å². The molecule has 0 unspecified atom stereocenters. The Bertz CT molecular complexity index is 1790. The molecule has 4 aromatic carbocycles. The third kappa shape index (κ3) is 15.4. The van der Waals surface area contributed by atoms with E-state index < -0.39 is 17.9 Å². The maximum Gasteiger partial charge on any atom is 0.343 e. The molecule has 0 bridgehead atoms. The van der Waals surface area contributed by atoms with Gasteiger partial charge in [0, 0.05) is 6.42 Å². The fourth-order valence-corrected chi connectivity index (χ4v) is 5.95. The SMILES string of the molecule is C=CCCCCCCCC(=O)Oc1ccc(-c2ccc(C(=O)Oc3cccc(C(=O)Oc4ccc(C(=O)OCCCCCCCCCC)cc4)c3)cc2)cc1. The van der Waals surface area contributed by atoms with Crippen LogP contribution < -0.4 is 14.2 Å². The Hall–Kier alpha value is -5.50. The van der Waals surface area contributed by atoms with Crippen LogP contribution in [-0.2, 0) is 9.53 Å². The van der Waals surface area contributed by atoms with Gasteiger partial charge in [-0.1, -0.05) is 108 Å². The summed E-state index contributed by atoms with van der Waals surface area (Å²) < 4.78 is 21.9. The van der Waals surface area contributed by atoms with E-state index in [-0.39, 0.29) is 23.0 Å². The van der Waals surface area contributed by atoms with Crippen LogP contribution in [0.25, 0.3) is 11.1 Å². The lowest BCUT2D eigenvalue weighted by Gasteiger charge is -2.09. The number of carbonyl (C=O) groups excluding carboxylic acids is 4. The predicted molar refractivity (Wildman–Crippen MR) is 216 cm³/mol. The van der Waals surface area contributed by atoms with E-state index in [4.69, 9.17) is 18.9 Å². The molecule has 8 heteroatoms. The zero-order chi connectivity index (χ0) is 39.1. The van der Waals surface area contributed by atoms with Gasteiger partial charge in [0.15, 0.2) is 0 Å². The average Bonchev–Trinajstić information content (AvgIpc) is 3.20. The summed E-state index contributed by atoms with van der Waals surface area (Å²) in [6, 6.07) is 26.6. The van der Waals surface area contributed by atoms with E-state index in [0.717, 1.165) is 68.9 Å². The molecule has 0 aliphatic carbocycles. The summed E-state index contributed by atoms with van der Waals surface area (Å²) in [6.45, 7) is 6.33. The number of benzene rings is 4. The largest absolute Gasteiger partial charge is 0.462 e. The highest BCUT2D eigenvalue weighted by molar-refractivity contribution is 5.94. The monoisotopic (exact) mass is 746 g/mol. The second-order valence-electron chi connectivity index (χ2n) is 13.6. The molecule has 8 nitrogen and oxygen atoms in total. The fourth-order valence-electron chi connectivity index (χ4n) is 5.95. The van der Waals surface area contributed by atoms with Crippen molar-refractivity contribution in [2.75, 3.05) is 6.61 Å². The third-order valence-electron chi connectivity index (χ3n) is 9.14. The van der Waals surface area contributed by atoms with Crippen LogP contribution >= 0.6 is 0 Å². The number of esters is 4. The van der Waals surface area contributed by atoms with Gasteiger partial charge in [0.05, 0.1) is 23.3 Å². The van der Waals surface area contributed by atoms with E-state index in [9.17, 15) is 19.2 Å². The summed E-state index contributed by atoms with van der Waals surface area (Å²) >= 11 is 0. The number of unbranched alkanes of at least 4 members (excludes halogenated alkanes) is 12. The van der Waals surface area contributed by atoms with Crippen molar-refractivity contribution in [2.45, 2.75) is 103 Å². The molecule has 0 aliphatic rings. The van der Waals surface area contributed by atoms with Crippen molar-refractivity contribution >= 4 is 23.9 Å². The van der Waals surface area contributed by atoms with Crippen molar-refractivity contribution in [1.29, 1.82) is 0 Å². The van der Waals surface area contributed by atoms with Gasteiger partial charge in [0.25, 0.3) is 0 Å². The summed E-state index contributed by atoms with van der Waals surface area (Å²) in [7, 11) is 0. The molecule has 0 N–H and O–H groups in total. The van der Waals surface area contributed by atoms with Crippen LogP contribution in [0.2, 0.25) is 0 Å². The molecule has 55 heavy (non-hydrogen) atoms. The standard InChI is InChI=1S/C47H54O8/c1-3-5-7-9-11-13-15-17-34-52-45(49)38-28-32-42(33-29-38)54-47(51)40-19-18-20-43(35-40)55-46(50)39-24-22-36(23-25-39)37-26-30-41(31-27-37)53-44(48)21-16-14-12-10-8-6-4-2/h4,18-20,22-33,35H,2-3,5-17,21,34H2,1H3. The van der Waals surface area contributed by atoms with Gasteiger partial charge in [0.1, 0.15) is 17.2 Å². The lowest BCUT2D eigenvalue weighted by molar-refractivity contribution is -0.134. The first-order chi connectivity index (χ1) is 26.9. The Morgan fingerprint density at radius 2 is 1.02 bits per heavy atom. The van der Waals surface area contributed by atoms with Crippen molar-refractivity contribution < 1.29 is 38.1 Å². The molecule has 290 valence electrons. The smallest absolute Gasteiger partial charge is 0.343 e. The first-order valence-electron chi connectivity index (χ1n) is 19.7. The minimum atomic E-state index is -0.640. The van der Waals surface area contributed by atoms with E-state index in [1.54, 1.807) is 54.6 Å².